The number of halogens is 1. The first-order chi connectivity index (χ1) is 9.40. The molecule has 20 heavy (non-hydrogen) atoms. The molecule has 0 amide bonds. The molecule has 0 saturated carbocycles. The van der Waals surface area contributed by atoms with E-state index in [0.717, 1.165) is 17.8 Å². The van der Waals surface area contributed by atoms with E-state index in [-0.39, 0.29) is 5.03 Å². The van der Waals surface area contributed by atoms with Gasteiger partial charge in [-0.25, -0.2) is 13.4 Å². The summed E-state index contributed by atoms with van der Waals surface area (Å²) in [4.78, 5) is 8.52. The minimum absolute atomic E-state index is 0.102. The molecule has 0 unspecified atom stereocenters. The van der Waals surface area contributed by atoms with Crippen LogP contribution in [0.1, 0.15) is 30.6 Å². The van der Waals surface area contributed by atoms with Crippen molar-refractivity contribution in [2.45, 2.75) is 38.3 Å². The number of nitrogens with zero attached hydrogens (tertiary/aromatic N) is 3. The summed E-state index contributed by atoms with van der Waals surface area (Å²) in [5.41, 5.74) is 1.78. The van der Waals surface area contributed by atoms with Gasteiger partial charge in [0.2, 0.25) is 0 Å². The normalized spacial score (nSPS) is 11.8. The molecule has 0 N–H and O–H groups in total. The van der Waals surface area contributed by atoms with Crippen LogP contribution in [0.4, 0.5) is 0 Å². The molecule has 5 nitrogen and oxygen atoms in total. The summed E-state index contributed by atoms with van der Waals surface area (Å²) in [6.45, 7) is 4.41. The molecular formula is C13H16ClN3O2S. The number of pyridine rings is 1. The predicted octanol–water partition coefficient (Wildman–Crippen LogP) is 2.51. The van der Waals surface area contributed by atoms with E-state index in [1.54, 1.807) is 4.57 Å². The quantitative estimate of drug-likeness (QED) is 0.796. The average Bonchev–Trinajstić information content (AvgIpc) is 2.73. The van der Waals surface area contributed by atoms with E-state index < -0.39 is 9.05 Å². The van der Waals surface area contributed by atoms with Crippen molar-refractivity contribution in [3.63, 3.8) is 0 Å². The molecule has 0 aromatic carbocycles. The van der Waals surface area contributed by atoms with Gasteiger partial charge in [-0.2, -0.15) is 0 Å². The van der Waals surface area contributed by atoms with Gasteiger partial charge in [-0.3, -0.25) is 4.98 Å². The molecule has 7 heteroatoms. The van der Waals surface area contributed by atoms with Gasteiger partial charge >= 0.3 is 0 Å². The van der Waals surface area contributed by atoms with Gasteiger partial charge in [0.25, 0.3) is 9.05 Å². The zero-order chi connectivity index (χ0) is 14.8. The van der Waals surface area contributed by atoms with E-state index in [0.29, 0.717) is 18.8 Å². The second kappa shape index (κ2) is 5.93. The number of aryl methyl sites for hydroxylation is 2. The van der Waals surface area contributed by atoms with Crippen LogP contribution in [0.2, 0.25) is 0 Å². The van der Waals surface area contributed by atoms with E-state index in [1.165, 1.54) is 6.20 Å². The van der Waals surface area contributed by atoms with E-state index in [4.69, 9.17) is 10.7 Å². The second-order valence-corrected chi connectivity index (χ2v) is 7.09. The van der Waals surface area contributed by atoms with Crippen LogP contribution in [0.3, 0.4) is 0 Å². The summed E-state index contributed by atoms with van der Waals surface area (Å²) in [6, 6.07) is 5.74. The highest BCUT2D eigenvalue weighted by atomic mass is 35.7. The molecule has 0 aliphatic rings. The van der Waals surface area contributed by atoms with Gasteiger partial charge in [0.15, 0.2) is 5.03 Å². The van der Waals surface area contributed by atoms with Crippen LogP contribution < -0.4 is 0 Å². The molecule has 2 rings (SSSR count). The molecule has 108 valence electrons. The largest absolute Gasteiger partial charge is 0.327 e. The van der Waals surface area contributed by atoms with Crippen LogP contribution in [0.25, 0.3) is 0 Å². The van der Waals surface area contributed by atoms with Crippen LogP contribution >= 0.6 is 10.7 Å². The van der Waals surface area contributed by atoms with Crippen LogP contribution in [-0.2, 0) is 22.0 Å². The molecule has 2 aromatic rings. The summed E-state index contributed by atoms with van der Waals surface area (Å²) in [6.07, 6.45) is 3.04. The molecule has 2 aromatic heterocycles. The minimum Gasteiger partial charge on any atom is -0.327 e. The van der Waals surface area contributed by atoms with Crippen LogP contribution in [0.15, 0.2) is 29.4 Å². The third kappa shape index (κ3) is 3.58. The second-order valence-electron chi connectivity index (χ2n) is 4.58. The first-order valence-corrected chi connectivity index (χ1v) is 8.64. The zero-order valence-electron chi connectivity index (χ0n) is 11.4. The number of imidazole rings is 1. The summed E-state index contributed by atoms with van der Waals surface area (Å²) < 4.78 is 24.6. The fraction of sp³-hybridized carbons (Fsp3) is 0.385. The maximum atomic E-state index is 11.4. The highest BCUT2D eigenvalue weighted by Gasteiger charge is 2.17. The van der Waals surface area contributed by atoms with Gasteiger partial charge in [-0.05, 0) is 25.5 Å². The summed E-state index contributed by atoms with van der Waals surface area (Å²) in [7, 11) is 1.55. The number of hydrogen-bond donors (Lipinski definition) is 0. The molecule has 0 fully saturated rings. The Morgan fingerprint density at radius 2 is 2.05 bits per heavy atom. The van der Waals surface area contributed by atoms with Crippen LogP contribution in [-0.4, -0.2) is 23.0 Å². The van der Waals surface area contributed by atoms with Gasteiger partial charge in [0.1, 0.15) is 5.82 Å². The van der Waals surface area contributed by atoms with E-state index >= 15 is 0 Å². The molecule has 0 radical (unpaired) electrons. The van der Waals surface area contributed by atoms with Crippen molar-refractivity contribution in [1.29, 1.82) is 0 Å². The van der Waals surface area contributed by atoms with Crippen molar-refractivity contribution < 1.29 is 8.42 Å². The van der Waals surface area contributed by atoms with Gasteiger partial charge in [0.05, 0.1) is 12.2 Å². The molecule has 2 heterocycles. The number of hydrogen-bond acceptors (Lipinski definition) is 4. The Bertz CT molecular complexity index is 710. The number of rotatable bonds is 5. The highest BCUT2D eigenvalue weighted by molar-refractivity contribution is 8.13. The summed E-state index contributed by atoms with van der Waals surface area (Å²) >= 11 is 0. The van der Waals surface area contributed by atoms with Crippen LogP contribution in [0, 0.1) is 6.92 Å². The molecule has 0 spiro atoms. The maximum absolute atomic E-state index is 11.4. The van der Waals surface area contributed by atoms with Crippen molar-refractivity contribution in [3.05, 3.63) is 41.6 Å². The zero-order valence-corrected chi connectivity index (χ0v) is 12.9. The molecule has 0 atom stereocenters. The first kappa shape index (κ1) is 15.0. The third-order valence-electron chi connectivity index (χ3n) is 2.84. The highest BCUT2D eigenvalue weighted by Crippen LogP contribution is 2.16. The Balaban J connectivity index is 2.37. The standard InChI is InChI=1S/C13H16ClN3O2S/c1-3-5-12-16-13(20(14,18)19)9-17(12)8-11-7-4-6-10(2)15-11/h4,6-7,9H,3,5,8H2,1-2H3. The maximum Gasteiger partial charge on any atom is 0.280 e. The lowest BCUT2D eigenvalue weighted by Crippen LogP contribution is -2.05. The van der Waals surface area contributed by atoms with Gasteiger partial charge in [0, 0.05) is 29.0 Å². The Morgan fingerprint density at radius 1 is 1.30 bits per heavy atom. The minimum atomic E-state index is -3.80. The van der Waals surface area contributed by atoms with Gasteiger partial charge in [-0.15, -0.1) is 0 Å². The fourth-order valence-corrected chi connectivity index (χ4v) is 2.66. The summed E-state index contributed by atoms with van der Waals surface area (Å²) in [5.74, 6) is 0.704. The smallest absolute Gasteiger partial charge is 0.280 e. The van der Waals surface area contributed by atoms with Crippen molar-refractivity contribution in [2.24, 2.45) is 0 Å². The van der Waals surface area contributed by atoms with E-state index in [9.17, 15) is 8.42 Å². The molecular weight excluding hydrogens is 298 g/mol. The van der Waals surface area contributed by atoms with Crippen molar-refractivity contribution in [2.75, 3.05) is 0 Å². The van der Waals surface area contributed by atoms with Crippen molar-refractivity contribution >= 4 is 19.7 Å². The fourth-order valence-electron chi connectivity index (χ4n) is 1.97. The SMILES string of the molecule is CCCc1nc(S(=O)(=O)Cl)cn1Cc1cccc(C)n1. The van der Waals surface area contributed by atoms with Crippen molar-refractivity contribution in [3.8, 4) is 0 Å². The summed E-state index contributed by atoms with van der Waals surface area (Å²) in [5, 5.41) is -0.102. The van der Waals surface area contributed by atoms with E-state index in [2.05, 4.69) is 9.97 Å². The number of aromatic nitrogens is 3. The lowest BCUT2D eigenvalue weighted by atomic mass is 10.3. The van der Waals surface area contributed by atoms with Gasteiger partial charge < -0.3 is 4.57 Å². The third-order valence-corrected chi connectivity index (χ3v) is 4.01. The van der Waals surface area contributed by atoms with Crippen molar-refractivity contribution in [1.82, 2.24) is 14.5 Å². The lowest BCUT2D eigenvalue weighted by molar-refractivity contribution is 0.606. The molecule has 0 saturated heterocycles. The Morgan fingerprint density at radius 3 is 2.65 bits per heavy atom. The topological polar surface area (TPSA) is 64.8 Å². The monoisotopic (exact) mass is 313 g/mol. The van der Waals surface area contributed by atoms with E-state index in [1.807, 2.05) is 32.0 Å². The molecule has 0 aliphatic carbocycles. The molecule has 0 aliphatic heterocycles. The van der Waals surface area contributed by atoms with Crippen LogP contribution in [0.5, 0.6) is 0 Å². The Hall–Kier alpha value is -1.40. The first-order valence-electron chi connectivity index (χ1n) is 6.33. The lowest BCUT2D eigenvalue weighted by Gasteiger charge is -2.06. The van der Waals surface area contributed by atoms with Gasteiger partial charge in [-0.1, -0.05) is 13.0 Å². The molecule has 0 bridgehead atoms. The Labute approximate surface area is 123 Å². The predicted molar refractivity (Wildman–Crippen MR) is 77.3 cm³/mol. The average molecular weight is 314 g/mol. The Kier molecular flexibility index (Phi) is 4.45.